The largest absolute Gasteiger partial charge is 0.496 e. The Kier molecular flexibility index (Phi) is 8.98. The van der Waals surface area contributed by atoms with Crippen LogP contribution in [0.5, 0.6) is 5.75 Å². The third kappa shape index (κ3) is 6.23. The first-order chi connectivity index (χ1) is 11.9. The number of carbonyl (C=O) groups excluding carboxylic acids is 1. The number of rotatable bonds is 7. The summed E-state index contributed by atoms with van der Waals surface area (Å²) in [5, 5.41) is 12.0. The Labute approximate surface area is 164 Å². The summed E-state index contributed by atoms with van der Waals surface area (Å²) in [7, 11) is 1.48. The Balaban J connectivity index is 0.00000338. The number of ether oxygens (including phenoxy) is 1. The smallest absolute Gasteiger partial charge is 0.303 e. The van der Waals surface area contributed by atoms with Crippen molar-refractivity contribution in [3.63, 3.8) is 0 Å². The Hall–Kier alpha value is -1.70. The summed E-state index contributed by atoms with van der Waals surface area (Å²) >= 11 is 6.01. The van der Waals surface area contributed by atoms with Crippen molar-refractivity contribution in [2.45, 2.75) is 31.7 Å². The minimum Gasteiger partial charge on any atom is -0.496 e. The number of piperidine rings is 1. The van der Waals surface area contributed by atoms with Crippen LogP contribution in [-0.4, -0.2) is 54.7 Å². The second-order valence-electron chi connectivity index (χ2n) is 6.16. The van der Waals surface area contributed by atoms with E-state index in [-0.39, 0.29) is 30.8 Å². The number of halogens is 2. The van der Waals surface area contributed by atoms with Crippen molar-refractivity contribution in [1.29, 1.82) is 0 Å². The van der Waals surface area contributed by atoms with E-state index in [1.807, 2.05) is 0 Å². The number of nitrogens with zero attached hydrogens (tertiary/aromatic N) is 1. The van der Waals surface area contributed by atoms with Crippen molar-refractivity contribution in [1.82, 2.24) is 10.2 Å². The molecule has 1 aromatic rings. The number of aliphatic carboxylic acids is 1. The molecule has 146 valence electrons. The number of hydrogen-bond donors (Lipinski definition) is 3. The topological polar surface area (TPSA) is 105 Å². The van der Waals surface area contributed by atoms with Crippen molar-refractivity contribution in [3.8, 4) is 5.75 Å². The lowest BCUT2D eigenvalue weighted by Gasteiger charge is -2.32. The molecule has 1 heterocycles. The average molecular weight is 406 g/mol. The molecule has 4 N–H and O–H groups in total. The van der Waals surface area contributed by atoms with E-state index >= 15 is 0 Å². The number of nitrogen functional groups attached to an aromatic ring is 1. The molecule has 0 radical (unpaired) electrons. The van der Waals surface area contributed by atoms with E-state index in [9.17, 15) is 9.59 Å². The van der Waals surface area contributed by atoms with Crippen molar-refractivity contribution in [2.75, 3.05) is 32.5 Å². The van der Waals surface area contributed by atoms with E-state index < -0.39 is 5.97 Å². The molecule has 0 unspecified atom stereocenters. The number of nitrogens with two attached hydrogens (primary N) is 1. The summed E-state index contributed by atoms with van der Waals surface area (Å²) < 4.78 is 5.22. The average Bonchev–Trinajstić information content (AvgIpc) is 2.58. The van der Waals surface area contributed by atoms with Crippen LogP contribution in [0, 0.1) is 0 Å². The maximum absolute atomic E-state index is 12.5. The first-order valence-electron chi connectivity index (χ1n) is 8.28. The predicted octanol–water partition coefficient (Wildman–Crippen LogP) is 2.41. The predicted molar refractivity (Wildman–Crippen MR) is 103 cm³/mol. The quantitative estimate of drug-likeness (QED) is 0.601. The molecule has 1 aliphatic heterocycles. The number of anilines is 1. The highest BCUT2D eigenvalue weighted by atomic mass is 35.5. The highest BCUT2D eigenvalue weighted by Crippen LogP contribution is 2.29. The van der Waals surface area contributed by atoms with E-state index in [0.717, 1.165) is 32.5 Å². The van der Waals surface area contributed by atoms with Gasteiger partial charge in [-0.15, -0.1) is 12.4 Å². The number of nitrogens with one attached hydrogen (secondary N) is 1. The molecular weight excluding hydrogens is 381 g/mol. The Morgan fingerprint density at radius 1 is 1.38 bits per heavy atom. The second kappa shape index (κ2) is 10.4. The van der Waals surface area contributed by atoms with Crippen LogP contribution >= 0.6 is 24.0 Å². The summed E-state index contributed by atoms with van der Waals surface area (Å²) in [6.07, 6.45) is 2.48. The first-order valence-corrected chi connectivity index (χ1v) is 8.66. The van der Waals surface area contributed by atoms with E-state index in [2.05, 4.69) is 10.2 Å². The van der Waals surface area contributed by atoms with Gasteiger partial charge in [0.2, 0.25) is 0 Å². The molecule has 0 bridgehead atoms. The molecule has 26 heavy (non-hydrogen) atoms. The second-order valence-corrected chi connectivity index (χ2v) is 6.57. The van der Waals surface area contributed by atoms with Gasteiger partial charge in [0.05, 0.1) is 23.4 Å². The van der Waals surface area contributed by atoms with Gasteiger partial charge >= 0.3 is 5.97 Å². The fourth-order valence-corrected chi connectivity index (χ4v) is 3.10. The van der Waals surface area contributed by atoms with Crippen LogP contribution in [0.1, 0.15) is 36.0 Å². The first kappa shape index (κ1) is 22.3. The van der Waals surface area contributed by atoms with Crippen molar-refractivity contribution in [2.24, 2.45) is 0 Å². The molecule has 0 aromatic heterocycles. The summed E-state index contributed by atoms with van der Waals surface area (Å²) in [4.78, 5) is 25.3. The number of methoxy groups -OCH3 is 1. The number of benzene rings is 1. The van der Waals surface area contributed by atoms with Crippen LogP contribution in [0.25, 0.3) is 0 Å². The van der Waals surface area contributed by atoms with Gasteiger partial charge in [-0.05, 0) is 31.9 Å². The lowest BCUT2D eigenvalue weighted by molar-refractivity contribution is -0.137. The SMILES string of the molecule is COc1cc(N)c(Cl)cc1C(=O)NC1CCN(CCCC(=O)O)CC1.Cl. The van der Waals surface area contributed by atoms with E-state index in [0.29, 0.717) is 28.4 Å². The third-order valence-electron chi connectivity index (χ3n) is 4.35. The van der Waals surface area contributed by atoms with Crippen LogP contribution in [0.2, 0.25) is 5.02 Å². The third-order valence-corrected chi connectivity index (χ3v) is 4.68. The fraction of sp³-hybridized carbons (Fsp3) is 0.529. The molecule has 2 rings (SSSR count). The molecule has 1 saturated heterocycles. The molecule has 0 aliphatic carbocycles. The molecule has 1 fully saturated rings. The number of carboxylic acids is 1. The van der Waals surface area contributed by atoms with E-state index in [1.54, 1.807) is 6.07 Å². The summed E-state index contributed by atoms with van der Waals surface area (Å²) in [5.74, 6) is -0.605. The van der Waals surface area contributed by atoms with Crippen LogP contribution in [0.3, 0.4) is 0 Å². The molecule has 1 aromatic carbocycles. The number of carbonyl (C=O) groups is 2. The van der Waals surface area contributed by atoms with Crippen LogP contribution in [0.4, 0.5) is 5.69 Å². The van der Waals surface area contributed by atoms with Gasteiger partial charge in [-0.3, -0.25) is 9.59 Å². The lowest BCUT2D eigenvalue weighted by atomic mass is 10.0. The van der Waals surface area contributed by atoms with Gasteiger partial charge in [-0.1, -0.05) is 11.6 Å². The molecule has 0 saturated carbocycles. The van der Waals surface area contributed by atoms with Gasteiger partial charge in [-0.2, -0.15) is 0 Å². The van der Waals surface area contributed by atoms with Crippen molar-refractivity contribution >= 4 is 41.6 Å². The zero-order valence-electron chi connectivity index (χ0n) is 14.7. The standard InChI is InChI=1S/C17H24ClN3O4.ClH/c1-25-15-10-14(19)13(18)9-12(15)17(24)20-11-4-7-21(8-5-11)6-2-3-16(22)23;/h9-11H,2-8,19H2,1H3,(H,20,24)(H,22,23);1H. The van der Waals surface area contributed by atoms with E-state index in [4.69, 9.17) is 27.2 Å². The summed E-state index contributed by atoms with van der Waals surface area (Å²) in [6.45, 7) is 2.45. The highest BCUT2D eigenvalue weighted by Gasteiger charge is 2.23. The maximum atomic E-state index is 12.5. The zero-order chi connectivity index (χ0) is 18.4. The fourth-order valence-electron chi connectivity index (χ4n) is 2.93. The summed E-state index contributed by atoms with van der Waals surface area (Å²) in [6, 6.07) is 3.14. The Morgan fingerprint density at radius 3 is 2.62 bits per heavy atom. The monoisotopic (exact) mass is 405 g/mol. The minimum absolute atomic E-state index is 0. The lowest BCUT2D eigenvalue weighted by Crippen LogP contribution is -2.45. The van der Waals surface area contributed by atoms with Crippen molar-refractivity contribution in [3.05, 3.63) is 22.7 Å². The number of carboxylic acid groups (broad SMARTS) is 1. The Morgan fingerprint density at radius 2 is 2.04 bits per heavy atom. The zero-order valence-corrected chi connectivity index (χ0v) is 16.2. The van der Waals surface area contributed by atoms with Crippen LogP contribution in [-0.2, 0) is 4.79 Å². The van der Waals surface area contributed by atoms with Gasteiger partial charge in [0.15, 0.2) is 0 Å². The normalized spacial score (nSPS) is 15.2. The molecular formula is C17H25Cl2N3O4. The van der Waals surface area contributed by atoms with Gasteiger partial charge in [0.25, 0.3) is 5.91 Å². The van der Waals surface area contributed by atoms with Crippen LogP contribution < -0.4 is 15.8 Å². The number of likely N-dealkylation sites (tertiary alicyclic amines) is 1. The minimum atomic E-state index is -0.766. The summed E-state index contributed by atoms with van der Waals surface area (Å²) in [5.41, 5.74) is 6.47. The van der Waals surface area contributed by atoms with Gasteiger partial charge in [0.1, 0.15) is 5.75 Å². The molecule has 9 heteroatoms. The molecule has 1 aliphatic rings. The van der Waals surface area contributed by atoms with Gasteiger partial charge in [-0.25, -0.2) is 0 Å². The van der Waals surface area contributed by atoms with Crippen LogP contribution in [0.15, 0.2) is 12.1 Å². The number of hydrogen-bond acceptors (Lipinski definition) is 5. The Bertz CT molecular complexity index is 635. The molecule has 1 amide bonds. The molecule has 7 nitrogen and oxygen atoms in total. The molecule has 0 atom stereocenters. The molecule has 0 spiro atoms. The van der Waals surface area contributed by atoms with Gasteiger partial charge in [0, 0.05) is 31.6 Å². The van der Waals surface area contributed by atoms with Crippen molar-refractivity contribution < 1.29 is 19.4 Å². The van der Waals surface area contributed by atoms with Gasteiger partial charge < -0.3 is 25.8 Å². The highest BCUT2D eigenvalue weighted by molar-refractivity contribution is 6.33. The number of amides is 1. The van der Waals surface area contributed by atoms with E-state index in [1.165, 1.54) is 13.2 Å². The maximum Gasteiger partial charge on any atom is 0.303 e.